The van der Waals surface area contributed by atoms with E-state index in [0.717, 1.165) is 37.4 Å². The van der Waals surface area contributed by atoms with E-state index in [1.54, 1.807) is 0 Å². The molecule has 0 atom stereocenters. The number of rotatable bonds is 4. The van der Waals surface area contributed by atoms with Gasteiger partial charge in [-0.1, -0.05) is 30.3 Å². The Labute approximate surface area is 149 Å². The predicted molar refractivity (Wildman–Crippen MR) is 105 cm³/mol. The average Bonchev–Trinajstić information content (AvgIpc) is 2.64. The highest BCUT2D eigenvalue weighted by molar-refractivity contribution is 6.06. The molecule has 2 aromatic carbocycles. The van der Waals surface area contributed by atoms with Crippen LogP contribution < -0.4 is 10.2 Å². The standard InChI is InChI=1S/C21H25N3O/c1-17(16-18-6-4-3-5-7-18)21(25)22-19-8-10-20(11-9-19)24-14-12-23(2)13-15-24/h3-11,16H,12-15H2,1-2H3,(H,22,25)/b17-16+. The fourth-order valence-electron chi connectivity index (χ4n) is 2.91. The number of nitrogens with zero attached hydrogens (tertiary/aromatic N) is 2. The first-order valence-electron chi connectivity index (χ1n) is 8.70. The van der Waals surface area contributed by atoms with Gasteiger partial charge in [0.1, 0.15) is 0 Å². The van der Waals surface area contributed by atoms with Gasteiger partial charge in [-0.15, -0.1) is 0 Å². The summed E-state index contributed by atoms with van der Waals surface area (Å²) in [4.78, 5) is 17.1. The van der Waals surface area contributed by atoms with Gasteiger partial charge in [0, 0.05) is 43.1 Å². The third-order valence-electron chi connectivity index (χ3n) is 4.53. The van der Waals surface area contributed by atoms with E-state index in [1.165, 1.54) is 5.69 Å². The molecule has 0 saturated carbocycles. The predicted octanol–water partition coefficient (Wildman–Crippen LogP) is 3.48. The number of nitrogens with one attached hydrogen (secondary N) is 1. The Morgan fingerprint density at radius 2 is 1.60 bits per heavy atom. The van der Waals surface area contributed by atoms with Crippen molar-refractivity contribution in [1.82, 2.24) is 4.90 Å². The molecule has 1 N–H and O–H groups in total. The summed E-state index contributed by atoms with van der Waals surface area (Å²) in [6.07, 6.45) is 1.90. The van der Waals surface area contributed by atoms with E-state index in [2.05, 4.69) is 34.3 Å². The molecular weight excluding hydrogens is 310 g/mol. The van der Waals surface area contributed by atoms with Crippen molar-refractivity contribution >= 4 is 23.4 Å². The monoisotopic (exact) mass is 335 g/mol. The molecule has 130 valence electrons. The number of anilines is 2. The Balaban J connectivity index is 1.61. The average molecular weight is 335 g/mol. The first-order chi connectivity index (χ1) is 12.1. The summed E-state index contributed by atoms with van der Waals surface area (Å²) < 4.78 is 0. The first-order valence-corrected chi connectivity index (χ1v) is 8.70. The maximum Gasteiger partial charge on any atom is 0.251 e. The fourth-order valence-corrected chi connectivity index (χ4v) is 2.91. The van der Waals surface area contributed by atoms with Gasteiger partial charge in [-0.3, -0.25) is 4.79 Å². The van der Waals surface area contributed by atoms with Gasteiger partial charge in [-0.25, -0.2) is 0 Å². The molecule has 0 bridgehead atoms. The normalized spacial score (nSPS) is 15.9. The Kier molecular flexibility index (Phi) is 5.51. The lowest BCUT2D eigenvalue weighted by atomic mass is 10.1. The van der Waals surface area contributed by atoms with E-state index in [1.807, 2.05) is 55.5 Å². The summed E-state index contributed by atoms with van der Waals surface area (Å²) in [6.45, 7) is 6.09. The van der Waals surface area contributed by atoms with Crippen molar-refractivity contribution in [3.63, 3.8) is 0 Å². The van der Waals surface area contributed by atoms with Crippen LogP contribution >= 0.6 is 0 Å². The highest BCUT2D eigenvalue weighted by Crippen LogP contribution is 2.20. The van der Waals surface area contributed by atoms with Gasteiger partial charge in [0.05, 0.1) is 0 Å². The molecule has 1 heterocycles. The van der Waals surface area contributed by atoms with Crippen molar-refractivity contribution in [3.8, 4) is 0 Å². The van der Waals surface area contributed by atoms with Crippen LogP contribution in [0.1, 0.15) is 12.5 Å². The van der Waals surface area contributed by atoms with Crippen molar-refractivity contribution in [3.05, 3.63) is 65.7 Å². The molecule has 2 aromatic rings. The number of amides is 1. The summed E-state index contributed by atoms with van der Waals surface area (Å²) >= 11 is 0. The molecule has 0 radical (unpaired) electrons. The minimum absolute atomic E-state index is 0.0730. The summed E-state index contributed by atoms with van der Waals surface area (Å²) in [5, 5.41) is 2.97. The van der Waals surface area contributed by atoms with Gasteiger partial charge in [-0.2, -0.15) is 0 Å². The quantitative estimate of drug-likeness (QED) is 0.869. The van der Waals surface area contributed by atoms with Gasteiger partial charge >= 0.3 is 0 Å². The Bertz CT molecular complexity index is 729. The lowest BCUT2D eigenvalue weighted by Crippen LogP contribution is -2.44. The molecule has 0 aliphatic carbocycles. The number of benzene rings is 2. The van der Waals surface area contributed by atoms with Crippen LogP contribution in [0.4, 0.5) is 11.4 Å². The van der Waals surface area contributed by atoms with Crippen LogP contribution in [0.5, 0.6) is 0 Å². The molecule has 0 aromatic heterocycles. The van der Waals surface area contributed by atoms with E-state index < -0.39 is 0 Å². The summed E-state index contributed by atoms with van der Waals surface area (Å²) in [6, 6.07) is 18.0. The summed E-state index contributed by atoms with van der Waals surface area (Å²) in [5.74, 6) is -0.0730. The molecule has 1 aliphatic rings. The van der Waals surface area contributed by atoms with E-state index in [-0.39, 0.29) is 5.91 Å². The molecule has 25 heavy (non-hydrogen) atoms. The maximum absolute atomic E-state index is 12.3. The van der Waals surface area contributed by atoms with E-state index in [0.29, 0.717) is 5.57 Å². The first kappa shape index (κ1) is 17.2. The van der Waals surface area contributed by atoms with Crippen LogP contribution in [0.3, 0.4) is 0 Å². The lowest BCUT2D eigenvalue weighted by molar-refractivity contribution is -0.112. The number of likely N-dealkylation sites (N-methyl/N-ethyl adjacent to an activating group) is 1. The van der Waals surface area contributed by atoms with Crippen LogP contribution in [0.25, 0.3) is 6.08 Å². The van der Waals surface area contributed by atoms with Crippen molar-refractivity contribution < 1.29 is 4.79 Å². The highest BCUT2D eigenvalue weighted by atomic mass is 16.1. The summed E-state index contributed by atoms with van der Waals surface area (Å²) in [7, 11) is 2.15. The van der Waals surface area contributed by atoms with Crippen LogP contribution in [0.2, 0.25) is 0 Å². The topological polar surface area (TPSA) is 35.6 Å². The second kappa shape index (κ2) is 7.99. The van der Waals surface area contributed by atoms with Gasteiger partial charge < -0.3 is 15.1 Å². The molecular formula is C21H25N3O. The molecule has 1 amide bonds. The minimum Gasteiger partial charge on any atom is -0.369 e. The zero-order valence-corrected chi connectivity index (χ0v) is 14.9. The second-order valence-electron chi connectivity index (χ2n) is 6.53. The minimum atomic E-state index is -0.0730. The van der Waals surface area contributed by atoms with Crippen LogP contribution in [0.15, 0.2) is 60.2 Å². The smallest absolute Gasteiger partial charge is 0.251 e. The van der Waals surface area contributed by atoms with E-state index in [9.17, 15) is 4.79 Å². The van der Waals surface area contributed by atoms with Crippen molar-refractivity contribution in [2.24, 2.45) is 0 Å². The van der Waals surface area contributed by atoms with Gasteiger partial charge in [0.15, 0.2) is 0 Å². The fraction of sp³-hybridized carbons (Fsp3) is 0.286. The Hall–Kier alpha value is -2.59. The van der Waals surface area contributed by atoms with Gasteiger partial charge in [-0.05, 0) is 49.9 Å². The van der Waals surface area contributed by atoms with Crippen LogP contribution in [-0.2, 0) is 4.79 Å². The largest absolute Gasteiger partial charge is 0.369 e. The molecule has 0 spiro atoms. The van der Waals surface area contributed by atoms with Gasteiger partial charge in [0.2, 0.25) is 0 Å². The molecule has 4 nitrogen and oxygen atoms in total. The third kappa shape index (κ3) is 4.70. The third-order valence-corrected chi connectivity index (χ3v) is 4.53. The molecule has 0 unspecified atom stereocenters. The Morgan fingerprint density at radius 3 is 2.24 bits per heavy atom. The molecule has 4 heteroatoms. The Morgan fingerprint density at radius 1 is 0.960 bits per heavy atom. The van der Waals surface area contributed by atoms with Crippen LogP contribution in [0, 0.1) is 0 Å². The molecule has 1 saturated heterocycles. The zero-order valence-electron chi connectivity index (χ0n) is 14.9. The van der Waals surface area contributed by atoms with E-state index >= 15 is 0 Å². The van der Waals surface area contributed by atoms with Crippen LogP contribution in [-0.4, -0.2) is 44.0 Å². The molecule has 3 rings (SSSR count). The SMILES string of the molecule is C/C(=C\c1ccccc1)C(=O)Nc1ccc(N2CCN(C)CC2)cc1. The van der Waals surface area contributed by atoms with Gasteiger partial charge in [0.25, 0.3) is 5.91 Å². The number of carbonyl (C=O) groups is 1. The molecule has 1 aliphatic heterocycles. The number of carbonyl (C=O) groups excluding carboxylic acids is 1. The number of hydrogen-bond acceptors (Lipinski definition) is 3. The molecule has 1 fully saturated rings. The van der Waals surface area contributed by atoms with Crippen molar-refractivity contribution in [2.75, 3.05) is 43.4 Å². The zero-order chi connectivity index (χ0) is 17.6. The van der Waals surface area contributed by atoms with Crippen molar-refractivity contribution in [2.45, 2.75) is 6.92 Å². The maximum atomic E-state index is 12.3. The number of hydrogen-bond donors (Lipinski definition) is 1. The highest BCUT2D eigenvalue weighted by Gasteiger charge is 2.14. The second-order valence-corrected chi connectivity index (χ2v) is 6.53. The van der Waals surface area contributed by atoms with Crippen molar-refractivity contribution in [1.29, 1.82) is 0 Å². The van der Waals surface area contributed by atoms with E-state index in [4.69, 9.17) is 0 Å². The lowest BCUT2D eigenvalue weighted by Gasteiger charge is -2.34. The number of piperazine rings is 1. The summed E-state index contributed by atoms with van der Waals surface area (Å²) in [5.41, 5.74) is 3.75.